The van der Waals surface area contributed by atoms with Gasteiger partial charge >= 0.3 is 0 Å². The van der Waals surface area contributed by atoms with Crippen LogP contribution in [-0.2, 0) is 6.42 Å². The Bertz CT molecular complexity index is 1070. The smallest absolute Gasteiger partial charge is 0.140 e. The van der Waals surface area contributed by atoms with Crippen LogP contribution in [-0.4, -0.2) is 14.4 Å². The Labute approximate surface area is 160 Å². The number of nitrogens with zero attached hydrogens (tertiary/aromatic N) is 3. The Hall–Kier alpha value is -2.94. The molecular weight excluding hydrogens is 330 g/mol. The van der Waals surface area contributed by atoms with Gasteiger partial charge in [0.15, 0.2) is 0 Å². The average molecular weight is 355 g/mol. The number of hydrogen-bond acceptors (Lipinski definition) is 2. The van der Waals surface area contributed by atoms with Crippen LogP contribution in [0.2, 0.25) is 0 Å². The van der Waals surface area contributed by atoms with E-state index < -0.39 is 0 Å². The van der Waals surface area contributed by atoms with Gasteiger partial charge in [0.25, 0.3) is 0 Å². The third-order valence-electron chi connectivity index (χ3n) is 4.93. The Kier molecular flexibility index (Phi) is 4.53. The van der Waals surface area contributed by atoms with Crippen LogP contribution < -0.4 is 0 Å². The first-order valence-corrected chi connectivity index (χ1v) is 9.51. The van der Waals surface area contributed by atoms with Crippen molar-refractivity contribution in [3.63, 3.8) is 0 Å². The summed E-state index contributed by atoms with van der Waals surface area (Å²) in [6.07, 6.45) is 7.18. The second-order valence-corrected chi connectivity index (χ2v) is 7.73. The maximum atomic E-state index is 4.66. The van der Waals surface area contributed by atoms with E-state index in [1.54, 1.807) is 0 Å². The molecule has 3 aromatic heterocycles. The maximum absolute atomic E-state index is 4.66. The summed E-state index contributed by atoms with van der Waals surface area (Å²) < 4.78 is 2.20. The van der Waals surface area contributed by atoms with E-state index in [0.29, 0.717) is 5.92 Å². The van der Waals surface area contributed by atoms with Crippen LogP contribution in [0, 0.1) is 19.8 Å². The van der Waals surface area contributed by atoms with Crippen molar-refractivity contribution in [1.29, 1.82) is 0 Å². The van der Waals surface area contributed by atoms with E-state index in [9.17, 15) is 0 Å². The van der Waals surface area contributed by atoms with Crippen LogP contribution in [0.3, 0.4) is 0 Å². The van der Waals surface area contributed by atoms with Gasteiger partial charge in [-0.3, -0.25) is 9.38 Å². The first kappa shape index (κ1) is 17.5. The minimum absolute atomic E-state index is 0.667. The number of aryl methyl sites for hydroxylation is 2. The predicted molar refractivity (Wildman–Crippen MR) is 112 cm³/mol. The van der Waals surface area contributed by atoms with Gasteiger partial charge in [0.05, 0.1) is 11.9 Å². The van der Waals surface area contributed by atoms with Gasteiger partial charge in [-0.1, -0.05) is 44.2 Å². The molecule has 0 saturated heterocycles. The van der Waals surface area contributed by atoms with Gasteiger partial charge in [-0.25, -0.2) is 4.98 Å². The summed E-state index contributed by atoms with van der Waals surface area (Å²) in [6, 6.07) is 15.2. The molecule has 0 fully saturated rings. The zero-order valence-electron chi connectivity index (χ0n) is 16.4. The number of aromatic nitrogens is 3. The fourth-order valence-electron chi connectivity index (χ4n) is 3.55. The zero-order chi connectivity index (χ0) is 19.0. The molecule has 3 heterocycles. The molecule has 0 unspecified atom stereocenters. The lowest BCUT2D eigenvalue weighted by molar-refractivity contribution is 0.647. The Morgan fingerprint density at radius 2 is 1.59 bits per heavy atom. The fourth-order valence-corrected chi connectivity index (χ4v) is 3.55. The van der Waals surface area contributed by atoms with Gasteiger partial charge in [-0.2, -0.15) is 0 Å². The predicted octanol–water partition coefficient (Wildman–Crippen LogP) is 5.88. The average Bonchev–Trinajstić information content (AvgIpc) is 3.07. The van der Waals surface area contributed by atoms with Crippen LogP contribution in [0.25, 0.3) is 28.0 Å². The summed E-state index contributed by atoms with van der Waals surface area (Å²) in [5.74, 6) is 0.667. The Morgan fingerprint density at radius 1 is 0.852 bits per heavy atom. The summed E-state index contributed by atoms with van der Waals surface area (Å²) in [7, 11) is 0. The lowest BCUT2D eigenvalue weighted by atomic mass is 10.0. The molecule has 1 aromatic carbocycles. The van der Waals surface area contributed by atoms with E-state index in [2.05, 4.69) is 83.8 Å². The second kappa shape index (κ2) is 6.99. The van der Waals surface area contributed by atoms with Gasteiger partial charge in [0, 0.05) is 34.8 Å². The lowest BCUT2D eigenvalue weighted by Gasteiger charge is -2.09. The molecule has 4 aromatic rings. The van der Waals surface area contributed by atoms with Gasteiger partial charge < -0.3 is 0 Å². The highest BCUT2D eigenvalue weighted by atomic mass is 15.0. The van der Waals surface area contributed by atoms with Crippen molar-refractivity contribution in [2.24, 2.45) is 5.92 Å². The topological polar surface area (TPSA) is 30.2 Å². The molecule has 0 atom stereocenters. The van der Waals surface area contributed by atoms with Crippen LogP contribution in [0.1, 0.15) is 30.7 Å². The molecule has 0 radical (unpaired) electrons. The third kappa shape index (κ3) is 3.50. The minimum Gasteiger partial charge on any atom is -0.299 e. The zero-order valence-corrected chi connectivity index (χ0v) is 16.4. The van der Waals surface area contributed by atoms with Gasteiger partial charge in [0.2, 0.25) is 0 Å². The number of fused-ring (bicyclic) bond motifs is 1. The maximum Gasteiger partial charge on any atom is 0.140 e. The van der Waals surface area contributed by atoms with E-state index in [4.69, 9.17) is 0 Å². The summed E-state index contributed by atoms with van der Waals surface area (Å²) in [6.45, 7) is 8.63. The van der Waals surface area contributed by atoms with E-state index in [1.165, 1.54) is 11.1 Å². The lowest BCUT2D eigenvalue weighted by Crippen LogP contribution is -1.95. The largest absolute Gasteiger partial charge is 0.299 e. The second-order valence-electron chi connectivity index (χ2n) is 7.73. The van der Waals surface area contributed by atoms with Gasteiger partial charge in [-0.05, 0) is 49.4 Å². The molecule has 4 rings (SSSR count). The minimum atomic E-state index is 0.667. The van der Waals surface area contributed by atoms with E-state index in [0.717, 1.165) is 40.1 Å². The van der Waals surface area contributed by atoms with E-state index >= 15 is 0 Å². The van der Waals surface area contributed by atoms with Gasteiger partial charge in [0.1, 0.15) is 5.65 Å². The Balaban J connectivity index is 1.79. The molecule has 3 heteroatoms. The molecule has 0 N–H and O–H groups in total. The molecule has 0 bridgehead atoms. The molecule has 0 aliphatic rings. The molecule has 27 heavy (non-hydrogen) atoms. The van der Waals surface area contributed by atoms with Crippen LogP contribution >= 0.6 is 0 Å². The first-order valence-electron chi connectivity index (χ1n) is 9.51. The van der Waals surface area contributed by atoms with Crippen molar-refractivity contribution in [2.45, 2.75) is 34.1 Å². The SMILES string of the molecule is Cc1ccc(-c2cc(C)c3ncc(-c4ccc(CC(C)C)cc4)n3c2)cn1. The molecule has 3 nitrogen and oxygen atoms in total. The van der Waals surface area contributed by atoms with Crippen molar-refractivity contribution in [3.8, 4) is 22.4 Å². The van der Waals surface area contributed by atoms with Crippen LogP contribution in [0.4, 0.5) is 0 Å². The molecule has 0 saturated carbocycles. The molecule has 0 amide bonds. The van der Waals surface area contributed by atoms with E-state index in [1.807, 2.05) is 19.3 Å². The molecule has 0 aliphatic heterocycles. The Morgan fingerprint density at radius 3 is 2.26 bits per heavy atom. The first-order chi connectivity index (χ1) is 13.0. The highest BCUT2D eigenvalue weighted by Gasteiger charge is 2.11. The van der Waals surface area contributed by atoms with Crippen LogP contribution in [0.15, 0.2) is 61.1 Å². The summed E-state index contributed by atoms with van der Waals surface area (Å²) in [5.41, 5.74) is 9.16. The fraction of sp³-hybridized carbons (Fsp3) is 0.250. The normalized spacial score (nSPS) is 11.4. The number of imidazole rings is 1. The van der Waals surface area contributed by atoms with Crippen molar-refractivity contribution < 1.29 is 0 Å². The van der Waals surface area contributed by atoms with Crippen molar-refractivity contribution in [2.75, 3.05) is 0 Å². The molecule has 136 valence electrons. The molecule has 0 spiro atoms. The monoisotopic (exact) mass is 355 g/mol. The standard InChI is InChI=1S/C24H25N3/c1-16(2)11-19-6-9-20(10-7-19)23-14-26-24-17(3)12-22(15-27(23)24)21-8-5-18(4)25-13-21/h5-10,12-16H,11H2,1-4H3. The molecule has 0 aliphatic carbocycles. The van der Waals surface area contributed by atoms with E-state index in [-0.39, 0.29) is 0 Å². The van der Waals surface area contributed by atoms with Gasteiger partial charge in [-0.15, -0.1) is 0 Å². The third-order valence-corrected chi connectivity index (χ3v) is 4.93. The molecular formula is C24H25N3. The summed E-state index contributed by atoms with van der Waals surface area (Å²) in [5, 5.41) is 0. The highest BCUT2D eigenvalue weighted by Crippen LogP contribution is 2.27. The van der Waals surface area contributed by atoms with Crippen molar-refractivity contribution in [3.05, 3.63) is 77.9 Å². The number of pyridine rings is 2. The van der Waals surface area contributed by atoms with Crippen LogP contribution in [0.5, 0.6) is 0 Å². The number of rotatable bonds is 4. The van der Waals surface area contributed by atoms with Crippen molar-refractivity contribution in [1.82, 2.24) is 14.4 Å². The quantitative estimate of drug-likeness (QED) is 0.458. The van der Waals surface area contributed by atoms with Crippen molar-refractivity contribution >= 4 is 5.65 Å². The number of benzene rings is 1. The summed E-state index contributed by atoms with van der Waals surface area (Å²) in [4.78, 5) is 9.10. The number of hydrogen-bond donors (Lipinski definition) is 0. The summed E-state index contributed by atoms with van der Waals surface area (Å²) >= 11 is 0. The highest BCUT2D eigenvalue weighted by molar-refractivity contribution is 5.71.